The molecule has 3 N–H and O–H groups in total. The molecule has 0 fully saturated rings. The fourth-order valence-electron chi connectivity index (χ4n) is 2.10. The first-order valence-corrected chi connectivity index (χ1v) is 11.1. The number of phenolic OH excluding ortho intramolecular Hbond substituents is 2. The molecule has 0 saturated heterocycles. The minimum absolute atomic E-state index is 0.0194. The lowest BCUT2D eigenvalue weighted by molar-refractivity contribution is -0.126. The summed E-state index contributed by atoms with van der Waals surface area (Å²) < 4.78 is 10.7. The van der Waals surface area contributed by atoms with Crippen LogP contribution in [0.5, 0.6) is 11.5 Å². The minimum atomic E-state index is -0.203. The monoisotopic (exact) mass is 424 g/mol. The Bertz CT molecular complexity index is 719. The highest BCUT2D eigenvalue weighted by atomic mass is 33.1. The van der Waals surface area contributed by atoms with Crippen molar-refractivity contribution in [1.29, 1.82) is 0 Å². The third-order valence-electron chi connectivity index (χ3n) is 3.47. The standard InChI is InChI=1S/C19H24N2O5S2/c22-16-5-4-15(13-17(16)23)6-8-20-18(24)14-26-10-9-25-11-12-27-28-19-3-1-2-7-21-19/h1-5,7,13,22-23H,6,8-12,14H2,(H,20,24). The number of carbonyl (C=O) groups excluding carboxylic acids is 1. The molecule has 1 amide bonds. The van der Waals surface area contributed by atoms with Gasteiger partial charge < -0.3 is 25.0 Å². The van der Waals surface area contributed by atoms with Crippen LogP contribution < -0.4 is 5.32 Å². The highest BCUT2D eigenvalue weighted by Gasteiger charge is 2.03. The van der Waals surface area contributed by atoms with E-state index in [0.29, 0.717) is 32.8 Å². The van der Waals surface area contributed by atoms with Crippen LogP contribution in [-0.4, -0.2) is 59.8 Å². The molecule has 2 aromatic rings. The number of nitrogens with one attached hydrogen (secondary N) is 1. The van der Waals surface area contributed by atoms with E-state index in [1.165, 1.54) is 12.1 Å². The number of pyridine rings is 1. The van der Waals surface area contributed by atoms with Gasteiger partial charge in [0.05, 0.1) is 19.8 Å². The summed E-state index contributed by atoms with van der Waals surface area (Å²) in [5, 5.41) is 22.4. The van der Waals surface area contributed by atoms with E-state index < -0.39 is 0 Å². The van der Waals surface area contributed by atoms with Crippen molar-refractivity contribution in [2.75, 3.05) is 38.7 Å². The zero-order valence-corrected chi connectivity index (χ0v) is 17.0. The van der Waals surface area contributed by atoms with Gasteiger partial charge >= 0.3 is 0 Å². The Labute approximate surface area is 172 Å². The largest absolute Gasteiger partial charge is 0.504 e. The second-order valence-corrected chi connectivity index (χ2v) is 8.10. The van der Waals surface area contributed by atoms with Crippen molar-refractivity contribution in [2.45, 2.75) is 11.4 Å². The van der Waals surface area contributed by atoms with E-state index in [0.717, 1.165) is 16.3 Å². The molecule has 0 spiro atoms. The van der Waals surface area contributed by atoms with Gasteiger partial charge in [-0.1, -0.05) is 22.9 Å². The average molecular weight is 425 g/mol. The molecule has 0 aliphatic rings. The van der Waals surface area contributed by atoms with E-state index in [1.807, 2.05) is 18.2 Å². The number of hydrogen-bond acceptors (Lipinski definition) is 8. The minimum Gasteiger partial charge on any atom is -0.504 e. The van der Waals surface area contributed by atoms with Crippen LogP contribution in [0.15, 0.2) is 47.6 Å². The van der Waals surface area contributed by atoms with Crippen molar-refractivity contribution >= 4 is 27.5 Å². The summed E-state index contributed by atoms with van der Waals surface area (Å²) in [6.07, 6.45) is 2.32. The maximum Gasteiger partial charge on any atom is 0.246 e. The number of hydrogen-bond donors (Lipinski definition) is 3. The number of phenols is 2. The van der Waals surface area contributed by atoms with Crippen molar-refractivity contribution in [1.82, 2.24) is 10.3 Å². The molecule has 2 rings (SSSR count). The first kappa shape index (κ1) is 22.4. The van der Waals surface area contributed by atoms with Crippen LogP contribution in [0.4, 0.5) is 0 Å². The number of aromatic nitrogens is 1. The molecule has 7 nitrogen and oxygen atoms in total. The number of benzene rings is 1. The molecule has 1 aromatic carbocycles. The number of ether oxygens (including phenoxy) is 2. The molecule has 0 aliphatic heterocycles. The van der Waals surface area contributed by atoms with Crippen molar-refractivity contribution in [2.24, 2.45) is 0 Å². The first-order chi connectivity index (χ1) is 13.6. The van der Waals surface area contributed by atoms with Gasteiger partial charge in [-0.2, -0.15) is 0 Å². The highest BCUT2D eigenvalue weighted by molar-refractivity contribution is 8.76. The van der Waals surface area contributed by atoms with Crippen molar-refractivity contribution in [3.63, 3.8) is 0 Å². The molecule has 152 valence electrons. The van der Waals surface area contributed by atoms with Gasteiger partial charge in [-0.05, 0) is 47.0 Å². The maximum absolute atomic E-state index is 11.7. The van der Waals surface area contributed by atoms with Gasteiger partial charge in [-0.3, -0.25) is 4.79 Å². The summed E-state index contributed by atoms with van der Waals surface area (Å²) in [7, 11) is 3.29. The van der Waals surface area contributed by atoms with Gasteiger partial charge in [0, 0.05) is 18.5 Å². The predicted molar refractivity (Wildman–Crippen MR) is 111 cm³/mol. The van der Waals surface area contributed by atoms with Gasteiger partial charge in [0.2, 0.25) is 5.91 Å². The normalized spacial score (nSPS) is 10.7. The zero-order chi connectivity index (χ0) is 20.0. The van der Waals surface area contributed by atoms with Gasteiger partial charge in [0.1, 0.15) is 11.6 Å². The maximum atomic E-state index is 11.7. The van der Waals surface area contributed by atoms with E-state index >= 15 is 0 Å². The van der Waals surface area contributed by atoms with Gasteiger partial charge in [0.25, 0.3) is 0 Å². The van der Waals surface area contributed by atoms with E-state index in [4.69, 9.17) is 9.47 Å². The highest BCUT2D eigenvalue weighted by Crippen LogP contribution is 2.28. The molecule has 9 heteroatoms. The third kappa shape index (κ3) is 9.32. The lowest BCUT2D eigenvalue weighted by Gasteiger charge is -2.08. The molecule has 0 bridgehead atoms. The number of aromatic hydroxyl groups is 2. The summed E-state index contributed by atoms with van der Waals surface area (Å²) in [6, 6.07) is 10.4. The van der Waals surface area contributed by atoms with E-state index in [2.05, 4.69) is 10.3 Å². The van der Waals surface area contributed by atoms with Crippen LogP contribution in [0.25, 0.3) is 0 Å². The van der Waals surface area contributed by atoms with Crippen LogP contribution in [0.1, 0.15) is 5.56 Å². The summed E-state index contributed by atoms with van der Waals surface area (Å²) in [5.74, 6) is 0.314. The fourth-order valence-corrected chi connectivity index (χ4v) is 3.84. The van der Waals surface area contributed by atoms with E-state index in [9.17, 15) is 15.0 Å². The van der Waals surface area contributed by atoms with Crippen LogP contribution in [0.2, 0.25) is 0 Å². The lowest BCUT2D eigenvalue weighted by Crippen LogP contribution is -2.30. The number of amides is 1. The Hall–Kier alpha value is -1.94. The van der Waals surface area contributed by atoms with Gasteiger partial charge in [0.15, 0.2) is 11.5 Å². The van der Waals surface area contributed by atoms with Crippen LogP contribution >= 0.6 is 21.6 Å². The number of nitrogens with zero attached hydrogens (tertiary/aromatic N) is 1. The molecular formula is C19H24N2O5S2. The molecule has 1 aromatic heterocycles. The second-order valence-electron chi connectivity index (χ2n) is 5.66. The van der Waals surface area contributed by atoms with Crippen molar-refractivity contribution in [3.05, 3.63) is 48.2 Å². The zero-order valence-electron chi connectivity index (χ0n) is 15.4. The Morgan fingerprint density at radius 2 is 1.93 bits per heavy atom. The Morgan fingerprint density at radius 1 is 1.07 bits per heavy atom. The van der Waals surface area contributed by atoms with Crippen molar-refractivity contribution < 1.29 is 24.5 Å². The Kier molecular flexibility index (Phi) is 10.6. The quantitative estimate of drug-likeness (QED) is 0.256. The molecule has 0 saturated carbocycles. The SMILES string of the molecule is O=C(COCCOCCSSc1ccccn1)NCCc1ccc(O)c(O)c1. The molecule has 0 unspecified atom stereocenters. The summed E-state index contributed by atoms with van der Waals surface area (Å²) in [4.78, 5) is 15.9. The summed E-state index contributed by atoms with van der Waals surface area (Å²) in [6.45, 7) is 1.81. The summed E-state index contributed by atoms with van der Waals surface area (Å²) in [5.41, 5.74) is 0.823. The molecule has 0 radical (unpaired) electrons. The summed E-state index contributed by atoms with van der Waals surface area (Å²) >= 11 is 0. The lowest BCUT2D eigenvalue weighted by atomic mass is 10.1. The fraction of sp³-hybridized carbons (Fsp3) is 0.368. The van der Waals surface area contributed by atoms with Crippen LogP contribution in [0.3, 0.4) is 0 Å². The third-order valence-corrected chi connectivity index (χ3v) is 5.70. The van der Waals surface area contributed by atoms with Crippen LogP contribution in [0, 0.1) is 0 Å². The average Bonchev–Trinajstić information content (AvgIpc) is 2.70. The number of carbonyl (C=O) groups is 1. The Morgan fingerprint density at radius 3 is 2.71 bits per heavy atom. The van der Waals surface area contributed by atoms with Gasteiger partial charge in [-0.25, -0.2) is 4.98 Å². The molecule has 1 heterocycles. The first-order valence-electron chi connectivity index (χ1n) is 8.78. The molecule has 28 heavy (non-hydrogen) atoms. The van der Waals surface area contributed by atoms with E-state index in [-0.39, 0.29) is 24.0 Å². The topological polar surface area (TPSA) is 101 Å². The second kappa shape index (κ2) is 13.3. The smallest absolute Gasteiger partial charge is 0.246 e. The molecule has 0 aliphatic carbocycles. The van der Waals surface area contributed by atoms with Gasteiger partial charge in [-0.15, -0.1) is 0 Å². The van der Waals surface area contributed by atoms with Crippen molar-refractivity contribution in [3.8, 4) is 11.5 Å². The van der Waals surface area contributed by atoms with E-state index in [1.54, 1.807) is 33.9 Å². The number of rotatable bonds is 13. The molecular weight excluding hydrogens is 400 g/mol. The Balaban J connectivity index is 1.40. The predicted octanol–water partition coefficient (Wildman–Crippen LogP) is 2.63. The van der Waals surface area contributed by atoms with Crippen LogP contribution in [-0.2, 0) is 20.7 Å². The molecule has 0 atom stereocenters.